The van der Waals surface area contributed by atoms with Crippen LogP contribution in [0.5, 0.6) is 11.5 Å². The topological polar surface area (TPSA) is 64.1 Å². The van der Waals surface area contributed by atoms with Gasteiger partial charge in [-0.25, -0.2) is 0 Å². The van der Waals surface area contributed by atoms with E-state index in [1.165, 1.54) is 0 Å². The predicted octanol–water partition coefficient (Wildman–Crippen LogP) is 3.68. The highest BCUT2D eigenvalue weighted by Gasteiger charge is 2.11. The lowest BCUT2D eigenvalue weighted by Crippen LogP contribution is -2.32. The van der Waals surface area contributed by atoms with Crippen molar-refractivity contribution in [2.45, 2.75) is 40.0 Å². The molecule has 1 aliphatic rings. The number of nitrogens with zero attached hydrogens (tertiary/aromatic N) is 1. The Labute approximate surface area is 157 Å². The van der Waals surface area contributed by atoms with Gasteiger partial charge in [0.15, 0.2) is 17.5 Å². The maximum Gasteiger partial charge on any atom is 0.195 e. The van der Waals surface area contributed by atoms with Crippen molar-refractivity contribution in [2.75, 3.05) is 44.8 Å². The maximum atomic E-state index is 5.75. The molecule has 0 fully saturated rings. The number of guanidine groups is 1. The second-order valence-corrected chi connectivity index (χ2v) is 6.82. The molecule has 146 valence electrons. The Morgan fingerprint density at radius 3 is 2.81 bits per heavy atom. The molecule has 0 atom stereocenters. The summed E-state index contributed by atoms with van der Waals surface area (Å²) in [7, 11) is 0. The van der Waals surface area contributed by atoms with Gasteiger partial charge in [0.2, 0.25) is 0 Å². The van der Waals surface area contributed by atoms with Crippen molar-refractivity contribution in [3.63, 3.8) is 0 Å². The number of rotatable bonds is 9. The molecule has 2 rings (SSSR count). The number of hydrogen-bond acceptors (Lipinski definition) is 4. The Kier molecular flexibility index (Phi) is 9.10. The summed E-state index contributed by atoms with van der Waals surface area (Å²) in [4.78, 5) is 4.60. The molecule has 0 bridgehead atoms. The van der Waals surface area contributed by atoms with E-state index in [0.717, 1.165) is 68.7 Å². The van der Waals surface area contributed by atoms with Gasteiger partial charge in [-0.2, -0.15) is 0 Å². The van der Waals surface area contributed by atoms with Crippen LogP contribution in [-0.2, 0) is 4.74 Å². The van der Waals surface area contributed by atoms with Crippen LogP contribution in [0.2, 0.25) is 0 Å². The first-order valence-corrected chi connectivity index (χ1v) is 9.71. The number of benzene rings is 1. The first-order valence-electron chi connectivity index (χ1n) is 9.71. The van der Waals surface area contributed by atoms with Crippen molar-refractivity contribution in [1.29, 1.82) is 0 Å². The van der Waals surface area contributed by atoms with E-state index in [1.54, 1.807) is 0 Å². The molecular weight excluding hydrogens is 330 g/mol. The van der Waals surface area contributed by atoms with E-state index >= 15 is 0 Å². The summed E-state index contributed by atoms with van der Waals surface area (Å²) in [6.07, 6.45) is 2.85. The van der Waals surface area contributed by atoms with Crippen molar-refractivity contribution < 1.29 is 14.2 Å². The van der Waals surface area contributed by atoms with Gasteiger partial charge >= 0.3 is 0 Å². The van der Waals surface area contributed by atoms with Gasteiger partial charge in [0.1, 0.15) is 0 Å². The van der Waals surface area contributed by atoms with Gasteiger partial charge in [-0.1, -0.05) is 20.8 Å². The average Bonchev–Trinajstić information content (AvgIpc) is 2.87. The summed E-state index contributed by atoms with van der Waals surface area (Å²) in [6.45, 7) is 11.0. The van der Waals surface area contributed by atoms with Crippen LogP contribution < -0.4 is 20.1 Å². The standard InChI is InChI=1S/C20H33N3O3/c1-4-9-21-20(22-10-5-11-24-15-16(2)3)23-17-7-8-18-19(14-17)26-13-6-12-25-18/h7-8,14,16H,4-6,9-13,15H2,1-3H3,(H2,21,22,23). The van der Waals surface area contributed by atoms with Crippen molar-refractivity contribution in [3.05, 3.63) is 18.2 Å². The molecule has 1 aromatic rings. The van der Waals surface area contributed by atoms with Crippen molar-refractivity contribution in [1.82, 2.24) is 5.32 Å². The minimum Gasteiger partial charge on any atom is -0.490 e. The van der Waals surface area contributed by atoms with E-state index in [2.05, 4.69) is 36.4 Å². The highest BCUT2D eigenvalue weighted by atomic mass is 16.5. The van der Waals surface area contributed by atoms with E-state index in [9.17, 15) is 0 Å². The van der Waals surface area contributed by atoms with E-state index < -0.39 is 0 Å². The van der Waals surface area contributed by atoms with E-state index in [4.69, 9.17) is 14.2 Å². The van der Waals surface area contributed by atoms with Crippen molar-refractivity contribution >= 4 is 11.6 Å². The molecule has 2 N–H and O–H groups in total. The first kappa shape index (κ1) is 20.4. The SMILES string of the molecule is CCCN=C(NCCCOCC(C)C)Nc1ccc2c(c1)OCCCO2. The Bertz CT molecular complexity index is 561. The van der Waals surface area contributed by atoms with Gasteiger partial charge in [0, 0.05) is 44.5 Å². The van der Waals surface area contributed by atoms with Gasteiger partial charge in [-0.15, -0.1) is 0 Å². The smallest absolute Gasteiger partial charge is 0.195 e. The molecule has 0 aromatic heterocycles. The fourth-order valence-corrected chi connectivity index (χ4v) is 2.44. The quantitative estimate of drug-likeness (QED) is 0.398. The molecular formula is C20H33N3O3. The van der Waals surface area contributed by atoms with E-state index in [0.29, 0.717) is 19.1 Å². The van der Waals surface area contributed by atoms with Crippen molar-refractivity contribution in [3.8, 4) is 11.5 Å². The van der Waals surface area contributed by atoms with Gasteiger partial charge in [0.05, 0.1) is 13.2 Å². The zero-order chi connectivity index (χ0) is 18.6. The van der Waals surface area contributed by atoms with Gasteiger partial charge in [-0.05, 0) is 30.9 Å². The van der Waals surface area contributed by atoms with Crippen LogP contribution in [0.3, 0.4) is 0 Å². The van der Waals surface area contributed by atoms with Gasteiger partial charge < -0.3 is 24.8 Å². The Morgan fingerprint density at radius 1 is 1.23 bits per heavy atom. The lowest BCUT2D eigenvalue weighted by molar-refractivity contribution is 0.108. The molecule has 0 aliphatic carbocycles. The van der Waals surface area contributed by atoms with Gasteiger partial charge in [-0.3, -0.25) is 4.99 Å². The minimum atomic E-state index is 0.575. The fraction of sp³-hybridized carbons (Fsp3) is 0.650. The molecule has 26 heavy (non-hydrogen) atoms. The normalized spacial score (nSPS) is 14.2. The third-order valence-corrected chi connectivity index (χ3v) is 3.71. The molecule has 0 radical (unpaired) electrons. The summed E-state index contributed by atoms with van der Waals surface area (Å²) in [5, 5.41) is 6.73. The zero-order valence-electron chi connectivity index (χ0n) is 16.3. The largest absolute Gasteiger partial charge is 0.490 e. The zero-order valence-corrected chi connectivity index (χ0v) is 16.3. The van der Waals surface area contributed by atoms with Crippen LogP contribution in [0.4, 0.5) is 5.69 Å². The van der Waals surface area contributed by atoms with Crippen LogP contribution in [-0.4, -0.2) is 45.5 Å². The molecule has 6 nitrogen and oxygen atoms in total. The molecule has 1 aliphatic heterocycles. The molecule has 6 heteroatoms. The molecule has 0 amide bonds. The van der Waals surface area contributed by atoms with Gasteiger partial charge in [0.25, 0.3) is 0 Å². The van der Waals surface area contributed by atoms with Crippen molar-refractivity contribution in [2.24, 2.45) is 10.9 Å². The second kappa shape index (κ2) is 11.6. The summed E-state index contributed by atoms with van der Waals surface area (Å²) < 4.78 is 17.1. The molecule has 1 aromatic carbocycles. The highest BCUT2D eigenvalue weighted by Crippen LogP contribution is 2.32. The monoisotopic (exact) mass is 363 g/mol. The van der Waals surface area contributed by atoms with E-state index in [1.807, 2.05) is 18.2 Å². The minimum absolute atomic E-state index is 0.575. The lowest BCUT2D eigenvalue weighted by atomic mass is 10.2. The molecule has 0 saturated carbocycles. The summed E-state index contributed by atoms with van der Waals surface area (Å²) in [5.74, 6) is 2.94. The van der Waals surface area contributed by atoms with E-state index in [-0.39, 0.29) is 0 Å². The molecule has 1 heterocycles. The van der Waals surface area contributed by atoms with Crippen LogP contribution in [0.15, 0.2) is 23.2 Å². The highest BCUT2D eigenvalue weighted by molar-refractivity contribution is 5.93. The number of aliphatic imine (C=N–C) groups is 1. The fourth-order valence-electron chi connectivity index (χ4n) is 2.44. The summed E-state index contributed by atoms with van der Waals surface area (Å²) in [5.41, 5.74) is 0.938. The third-order valence-electron chi connectivity index (χ3n) is 3.71. The number of nitrogens with one attached hydrogen (secondary N) is 2. The average molecular weight is 364 g/mol. The Balaban J connectivity index is 1.86. The van der Waals surface area contributed by atoms with Crippen LogP contribution in [0.25, 0.3) is 0 Å². The Hall–Kier alpha value is -1.95. The number of anilines is 1. The maximum absolute atomic E-state index is 5.75. The lowest BCUT2D eigenvalue weighted by Gasteiger charge is -2.15. The first-order chi connectivity index (χ1) is 12.7. The third kappa shape index (κ3) is 7.52. The predicted molar refractivity (Wildman–Crippen MR) is 107 cm³/mol. The number of ether oxygens (including phenoxy) is 3. The van der Waals surface area contributed by atoms with Crippen LogP contribution in [0, 0.1) is 5.92 Å². The number of fused-ring (bicyclic) bond motifs is 1. The molecule has 0 spiro atoms. The second-order valence-electron chi connectivity index (χ2n) is 6.82. The number of hydrogen-bond donors (Lipinski definition) is 2. The summed E-state index contributed by atoms with van der Waals surface area (Å²) >= 11 is 0. The summed E-state index contributed by atoms with van der Waals surface area (Å²) in [6, 6.07) is 5.90. The van der Waals surface area contributed by atoms with Crippen LogP contribution >= 0.6 is 0 Å². The molecule has 0 unspecified atom stereocenters. The Morgan fingerprint density at radius 2 is 2.04 bits per heavy atom. The molecule has 0 saturated heterocycles. The van der Waals surface area contributed by atoms with Crippen LogP contribution in [0.1, 0.15) is 40.0 Å².